The third-order valence-corrected chi connectivity index (χ3v) is 7.13. The summed E-state index contributed by atoms with van der Waals surface area (Å²) in [5.74, 6) is 1.23. The molecule has 0 saturated carbocycles. The van der Waals surface area contributed by atoms with Crippen molar-refractivity contribution < 1.29 is 31.7 Å². The van der Waals surface area contributed by atoms with Gasteiger partial charge in [0.2, 0.25) is 5.89 Å². The summed E-state index contributed by atoms with van der Waals surface area (Å²) in [4.78, 5) is 20.6. The van der Waals surface area contributed by atoms with Crippen molar-refractivity contribution in [3.63, 3.8) is 0 Å². The van der Waals surface area contributed by atoms with Crippen LogP contribution < -0.4 is 9.64 Å². The molecule has 1 fully saturated rings. The van der Waals surface area contributed by atoms with Crippen molar-refractivity contribution in [3.8, 4) is 17.2 Å². The summed E-state index contributed by atoms with van der Waals surface area (Å²) in [5.41, 5.74) is 1.01. The number of amides is 1. The fraction of sp³-hybridized carbons (Fsp3) is 0.360. The summed E-state index contributed by atoms with van der Waals surface area (Å²) in [6, 6.07) is 12.4. The number of oxazole rings is 1. The topological polar surface area (TPSA) is 81.9 Å². The molecule has 7 nitrogen and oxygen atoms in total. The van der Waals surface area contributed by atoms with Crippen LogP contribution in [0.3, 0.4) is 0 Å². The van der Waals surface area contributed by atoms with Crippen LogP contribution in [0.25, 0.3) is 11.5 Å². The van der Waals surface area contributed by atoms with E-state index in [0.717, 1.165) is 17.7 Å². The average Bonchev–Trinajstić information content (AvgIpc) is 3.23. The summed E-state index contributed by atoms with van der Waals surface area (Å²) >= 11 is -1.50. The molecule has 0 radical (unpaired) electrons. The van der Waals surface area contributed by atoms with Crippen molar-refractivity contribution in [3.05, 3.63) is 65.5 Å². The third kappa shape index (κ3) is 6.14. The number of carbonyl (C=O) groups is 1. The molecule has 0 bridgehead atoms. The monoisotopic (exact) mass is 521 g/mol. The second-order valence-corrected chi connectivity index (χ2v) is 9.86. The Morgan fingerprint density at radius 2 is 1.86 bits per heavy atom. The molecule has 192 valence electrons. The number of methoxy groups -OCH3 is 1. The van der Waals surface area contributed by atoms with Gasteiger partial charge in [0.05, 0.1) is 12.7 Å². The van der Waals surface area contributed by atoms with Crippen molar-refractivity contribution in [1.29, 1.82) is 0 Å². The minimum atomic E-state index is -4.41. The molecule has 0 N–H and O–H groups in total. The van der Waals surface area contributed by atoms with Crippen LogP contribution in [-0.2, 0) is 27.9 Å². The highest BCUT2D eigenvalue weighted by Gasteiger charge is 2.31. The molecule has 36 heavy (non-hydrogen) atoms. The fourth-order valence-electron chi connectivity index (χ4n) is 3.97. The molecule has 1 aliphatic rings. The molecule has 3 aromatic rings. The Labute approximate surface area is 210 Å². The number of anilines is 1. The summed E-state index contributed by atoms with van der Waals surface area (Å²) in [6.45, 7) is 3.21. The zero-order chi connectivity index (χ0) is 25.9. The van der Waals surface area contributed by atoms with Crippen LogP contribution in [0.5, 0.6) is 5.75 Å². The molecule has 0 spiro atoms. The lowest BCUT2D eigenvalue weighted by Gasteiger charge is -2.36. The molecule has 11 heteroatoms. The number of halogens is 3. The minimum Gasteiger partial charge on any atom is -0.616 e. The lowest BCUT2D eigenvalue weighted by molar-refractivity contribution is -0.137. The van der Waals surface area contributed by atoms with E-state index in [1.165, 1.54) is 6.07 Å². The molecular weight excluding hydrogens is 495 g/mol. The second-order valence-electron chi connectivity index (χ2n) is 8.40. The van der Waals surface area contributed by atoms with Gasteiger partial charge in [0, 0.05) is 37.4 Å². The van der Waals surface area contributed by atoms with Crippen molar-refractivity contribution in [2.24, 2.45) is 0 Å². The van der Waals surface area contributed by atoms with Gasteiger partial charge in [-0.25, -0.2) is 4.98 Å². The van der Waals surface area contributed by atoms with E-state index in [4.69, 9.17) is 9.15 Å². The van der Waals surface area contributed by atoms with Crippen LogP contribution in [0.2, 0.25) is 0 Å². The Balaban J connectivity index is 1.31. The van der Waals surface area contributed by atoms with E-state index in [1.807, 2.05) is 17.0 Å². The molecule has 1 unspecified atom stereocenters. The van der Waals surface area contributed by atoms with E-state index in [2.05, 4.69) is 4.98 Å². The number of aryl methyl sites for hydroxylation is 1. The first-order valence-electron chi connectivity index (χ1n) is 11.3. The molecule has 1 aliphatic heterocycles. The van der Waals surface area contributed by atoms with Gasteiger partial charge in [-0.3, -0.25) is 4.79 Å². The quantitative estimate of drug-likeness (QED) is 0.432. The summed E-state index contributed by atoms with van der Waals surface area (Å²) in [7, 11) is 1.57. The number of ether oxygens (including phenoxy) is 1. The molecule has 0 aliphatic carbocycles. The predicted octanol–water partition coefficient (Wildman–Crippen LogP) is 4.27. The van der Waals surface area contributed by atoms with Crippen LogP contribution in [0.15, 0.2) is 52.9 Å². The molecular formula is C25H26F3N3O4S. The molecule has 1 amide bonds. The SMILES string of the molecule is COc1cccc(-c2nc(C[S+]([O-])CC(=O)N3CCN(c4cccc(C(F)(F)F)c4)CC3)c(C)o2)c1. The highest BCUT2D eigenvalue weighted by Crippen LogP contribution is 2.32. The summed E-state index contributed by atoms with van der Waals surface area (Å²) in [6.07, 6.45) is -4.41. The van der Waals surface area contributed by atoms with Gasteiger partial charge in [-0.1, -0.05) is 12.1 Å². The van der Waals surface area contributed by atoms with E-state index in [1.54, 1.807) is 37.1 Å². The number of carbonyl (C=O) groups excluding carboxylic acids is 1. The Morgan fingerprint density at radius 1 is 1.14 bits per heavy atom. The van der Waals surface area contributed by atoms with Crippen LogP contribution in [-0.4, -0.2) is 59.4 Å². The normalized spacial score (nSPS) is 15.2. The first kappa shape index (κ1) is 25.9. The van der Waals surface area contributed by atoms with Crippen LogP contribution in [0, 0.1) is 6.92 Å². The van der Waals surface area contributed by atoms with Crippen LogP contribution in [0.1, 0.15) is 17.0 Å². The van der Waals surface area contributed by atoms with Gasteiger partial charge < -0.3 is 23.5 Å². The van der Waals surface area contributed by atoms with Gasteiger partial charge in [0.25, 0.3) is 5.91 Å². The van der Waals surface area contributed by atoms with E-state index < -0.39 is 22.9 Å². The standard InChI is InChI=1S/C25H26F3N3O4S/c1-17-22(29-24(35-17)18-5-3-8-21(13-18)34-2)15-36(33)16-23(32)31-11-9-30(10-12-31)20-7-4-6-19(14-20)25(26,27)28/h3-8,13-14H,9-12,15-16H2,1-2H3. The Bertz CT molecular complexity index is 1210. The first-order chi connectivity index (χ1) is 17.1. The lowest BCUT2D eigenvalue weighted by Crippen LogP contribution is -2.50. The predicted molar refractivity (Wildman–Crippen MR) is 130 cm³/mol. The Hall–Kier alpha value is -3.18. The van der Waals surface area contributed by atoms with Gasteiger partial charge in [-0.2, -0.15) is 13.2 Å². The zero-order valence-electron chi connectivity index (χ0n) is 19.9. The molecule has 2 heterocycles. The van der Waals surface area contributed by atoms with Crippen LogP contribution >= 0.6 is 0 Å². The highest BCUT2D eigenvalue weighted by atomic mass is 32.2. The largest absolute Gasteiger partial charge is 0.616 e. The first-order valence-corrected chi connectivity index (χ1v) is 12.8. The van der Waals surface area contributed by atoms with Crippen molar-refractivity contribution in [1.82, 2.24) is 9.88 Å². The minimum absolute atomic E-state index is 0.0786. The number of rotatable bonds is 7. The van der Waals surface area contributed by atoms with Gasteiger partial charge in [0.1, 0.15) is 17.2 Å². The smallest absolute Gasteiger partial charge is 0.416 e. The number of hydrogen-bond acceptors (Lipinski definition) is 6. The maximum absolute atomic E-state index is 13.0. The number of aromatic nitrogens is 1. The van der Waals surface area contributed by atoms with Gasteiger partial charge in [-0.05, 0) is 54.5 Å². The second kappa shape index (κ2) is 10.8. The molecule has 1 aromatic heterocycles. The third-order valence-electron chi connectivity index (χ3n) is 5.96. The van der Waals surface area contributed by atoms with E-state index in [-0.39, 0.29) is 17.4 Å². The number of nitrogens with zero attached hydrogens (tertiary/aromatic N) is 3. The number of hydrogen-bond donors (Lipinski definition) is 0. The van der Waals surface area contributed by atoms with Gasteiger partial charge in [-0.15, -0.1) is 0 Å². The van der Waals surface area contributed by atoms with E-state index in [0.29, 0.717) is 55.0 Å². The summed E-state index contributed by atoms with van der Waals surface area (Å²) in [5, 5.41) is 0. The van der Waals surface area contributed by atoms with Crippen molar-refractivity contribution in [2.75, 3.05) is 43.9 Å². The van der Waals surface area contributed by atoms with E-state index in [9.17, 15) is 22.5 Å². The summed E-state index contributed by atoms with van der Waals surface area (Å²) < 4.78 is 62.7. The van der Waals surface area contributed by atoms with Crippen LogP contribution in [0.4, 0.5) is 18.9 Å². The van der Waals surface area contributed by atoms with Crippen molar-refractivity contribution in [2.45, 2.75) is 18.9 Å². The molecule has 2 aromatic carbocycles. The highest BCUT2D eigenvalue weighted by molar-refractivity contribution is 7.91. The number of piperazine rings is 1. The van der Waals surface area contributed by atoms with Crippen molar-refractivity contribution >= 4 is 22.8 Å². The molecule has 1 saturated heterocycles. The lowest BCUT2D eigenvalue weighted by atomic mass is 10.1. The molecule has 1 atom stereocenters. The maximum Gasteiger partial charge on any atom is 0.416 e. The van der Waals surface area contributed by atoms with Gasteiger partial charge >= 0.3 is 6.18 Å². The fourth-order valence-corrected chi connectivity index (χ4v) is 5.10. The average molecular weight is 522 g/mol. The van der Waals surface area contributed by atoms with Gasteiger partial charge in [0.15, 0.2) is 11.5 Å². The Kier molecular flexibility index (Phi) is 7.79. The molecule has 4 rings (SSSR count). The maximum atomic E-state index is 13.0. The Morgan fingerprint density at radius 3 is 2.56 bits per heavy atom. The van der Waals surface area contributed by atoms with E-state index >= 15 is 0 Å². The number of benzene rings is 2. The number of alkyl halides is 3. The zero-order valence-corrected chi connectivity index (χ0v) is 20.7.